The monoisotopic (exact) mass is 744 g/mol. The lowest BCUT2D eigenvalue weighted by Gasteiger charge is -2.45. The lowest BCUT2D eigenvalue weighted by atomic mass is 9.72. The Hall–Kier alpha value is -7.36. The van der Waals surface area contributed by atoms with E-state index in [4.69, 9.17) is 4.74 Å². The molecule has 0 aliphatic carbocycles. The van der Waals surface area contributed by atoms with Crippen LogP contribution in [0.1, 0.15) is 25.0 Å². The van der Waals surface area contributed by atoms with E-state index < -0.39 is 0 Å². The minimum Gasteiger partial charge on any atom is -0.453 e. The average molecular weight is 745 g/mol. The Kier molecular flexibility index (Phi) is 7.84. The second kappa shape index (κ2) is 13.4. The molecular weight excluding hydrogens is 705 g/mol. The van der Waals surface area contributed by atoms with Crippen LogP contribution in [-0.2, 0) is 5.41 Å². The number of fused-ring (bicyclic) bond motifs is 6. The molecule has 3 heteroatoms. The maximum absolute atomic E-state index is 6.68. The van der Waals surface area contributed by atoms with Gasteiger partial charge in [0.2, 0.25) is 0 Å². The third kappa shape index (κ3) is 5.43. The summed E-state index contributed by atoms with van der Waals surface area (Å²) in [6.07, 6.45) is 0. The second-order valence-electron chi connectivity index (χ2n) is 15.8. The van der Waals surface area contributed by atoms with Gasteiger partial charge in [-0.15, -0.1) is 0 Å². The fourth-order valence-corrected chi connectivity index (χ4v) is 9.12. The number of benzene rings is 9. The summed E-state index contributed by atoms with van der Waals surface area (Å²) in [5.41, 5.74) is 16.1. The highest BCUT2D eigenvalue weighted by molar-refractivity contribution is 6.06. The Morgan fingerprint density at radius 2 is 1.02 bits per heavy atom. The predicted octanol–water partition coefficient (Wildman–Crippen LogP) is 15.5. The van der Waals surface area contributed by atoms with Crippen molar-refractivity contribution in [1.82, 2.24) is 0 Å². The standard InChI is InChI=1S/C55H40N2O/c1-55(2)47-34-28-42(36-50(47)57-53-46-20-10-9-18-41(46)29-35-52(53)58-51-23-13-21-48(55)54(51)57)39-26-32-44(33-27-39)56(43-30-24-38(25-31-43)37-14-5-3-6-15-37)49-22-12-11-19-45(49)40-16-7-4-8-17-40/h3-36H,1-2H3. The number of hydrogen-bond donors (Lipinski definition) is 0. The van der Waals surface area contributed by atoms with Gasteiger partial charge in [0.15, 0.2) is 11.5 Å². The van der Waals surface area contributed by atoms with Crippen LogP contribution >= 0.6 is 0 Å². The van der Waals surface area contributed by atoms with Crippen LogP contribution in [0.5, 0.6) is 11.5 Å². The smallest absolute Gasteiger partial charge is 0.152 e. The molecule has 0 amide bonds. The minimum atomic E-state index is -0.228. The van der Waals surface area contributed by atoms with E-state index in [1.165, 1.54) is 55.4 Å². The Morgan fingerprint density at radius 3 is 1.76 bits per heavy atom. The molecule has 0 N–H and O–H groups in total. The van der Waals surface area contributed by atoms with Gasteiger partial charge in [0, 0.05) is 27.7 Å². The maximum atomic E-state index is 6.68. The molecule has 0 atom stereocenters. The molecule has 11 rings (SSSR count). The first-order chi connectivity index (χ1) is 28.5. The molecule has 0 bridgehead atoms. The van der Waals surface area contributed by atoms with Gasteiger partial charge >= 0.3 is 0 Å². The van der Waals surface area contributed by atoms with Crippen molar-refractivity contribution in [3.05, 3.63) is 217 Å². The average Bonchev–Trinajstić information content (AvgIpc) is 3.29. The van der Waals surface area contributed by atoms with Crippen molar-refractivity contribution in [2.75, 3.05) is 9.80 Å². The van der Waals surface area contributed by atoms with E-state index in [-0.39, 0.29) is 5.41 Å². The number of hydrogen-bond acceptors (Lipinski definition) is 3. The van der Waals surface area contributed by atoms with Crippen LogP contribution in [0.3, 0.4) is 0 Å². The van der Waals surface area contributed by atoms with Crippen LogP contribution in [0, 0.1) is 0 Å². The highest BCUT2D eigenvalue weighted by Crippen LogP contribution is 2.61. The SMILES string of the molecule is CC1(C)c2ccc(-c3ccc(N(c4ccc(-c5ccccc5)cc4)c4ccccc4-c4ccccc4)cc3)cc2N2c3c(cccc31)Oc1ccc3ccccc3c12. The molecule has 0 unspecified atom stereocenters. The van der Waals surface area contributed by atoms with E-state index in [0.29, 0.717) is 0 Å². The van der Waals surface area contributed by atoms with Crippen molar-refractivity contribution in [1.29, 1.82) is 0 Å². The van der Waals surface area contributed by atoms with Crippen molar-refractivity contribution in [2.45, 2.75) is 19.3 Å². The number of nitrogens with zero attached hydrogens (tertiary/aromatic N) is 2. The zero-order valence-electron chi connectivity index (χ0n) is 32.4. The molecule has 0 fully saturated rings. The number of para-hydroxylation sites is 2. The highest BCUT2D eigenvalue weighted by atomic mass is 16.5. The largest absolute Gasteiger partial charge is 0.453 e. The summed E-state index contributed by atoms with van der Waals surface area (Å²) < 4.78 is 6.68. The lowest BCUT2D eigenvalue weighted by Crippen LogP contribution is -2.32. The zero-order chi connectivity index (χ0) is 38.8. The molecule has 3 nitrogen and oxygen atoms in total. The lowest BCUT2D eigenvalue weighted by molar-refractivity contribution is 0.472. The second-order valence-corrected chi connectivity index (χ2v) is 15.8. The number of anilines is 6. The van der Waals surface area contributed by atoms with Gasteiger partial charge in [-0.05, 0) is 92.9 Å². The van der Waals surface area contributed by atoms with E-state index >= 15 is 0 Å². The van der Waals surface area contributed by atoms with E-state index in [1.54, 1.807) is 0 Å². The first kappa shape index (κ1) is 33.9. The van der Waals surface area contributed by atoms with Gasteiger partial charge in [0.05, 0.1) is 22.7 Å². The van der Waals surface area contributed by atoms with Crippen molar-refractivity contribution in [3.63, 3.8) is 0 Å². The summed E-state index contributed by atoms with van der Waals surface area (Å²) in [6.45, 7) is 4.67. The molecule has 2 aliphatic heterocycles. The van der Waals surface area contributed by atoms with Crippen LogP contribution in [-0.4, -0.2) is 0 Å². The summed E-state index contributed by atoms with van der Waals surface area (Å²) in [5, 5.41) is 2.37. The third-order valence-electron chi connectivity index (χ3n) is 12.0. The van der Waals surface area contributed by atoms with E-state index in [9.17, 15) is 0 Å². The topological polar surface area (TPSA) is 15.7 Å². The molecule has 276 valence electrons. The number of ether oxygens (including phenoxy) is 1. The normalized spacial score (nSPS) is 13.2. The maximum Gasteiger partial charge on any atom is 0.152 e. The van der Waals surface area contributed by atoms with E-state index in [1.807, 2.05) is 0 Å². The van der Waals surface area contributed by atoms with Gasteiger partial charge in [-0.2, -0.15) is 0 Å². The minimum absolute atomic E-state index is 0.228. The van der Waals surface area contributed by atoms with E-state index in [0.717, 1.165) is 45.5 Å². The van der Waals surface area contributed by atoms with Gasteiger partial charge < -0.3 is 14.5 Å². The first-order valence-corrected chi connectivity index (χ1v) is 20.0. The van der Waals surface area contributed by atoms with Crippen LogP contribution < -0.4 is 14.5 Å². The molecule has 0 saturated heterocycles. The first-order valence-electron chi connectivity index (χ1n) is 20.0. The van der Waals surface area contributed by atoms with Crippen LogP contribution in [0.2, 0.25) is 0 Å². The molecule has 0 radical (unpaired) electrons. The van der Waals surface area contributed by atoms with Crippen LogP contribution in [0.15, 0.2) is 206 Å². The van der Waals surface area contributed by atoms with Crippen molar-refractivity contribution < 1.29 is 4.74 Å². The highest BCUT2D eigenvalue weighted by Gasteiger charge is 2.42. The van der Waals surface area contributed by atoms with Gasteiger partial charge in [0.25, 0.3) is 0 Å². The summed E-state index contributed by atoms with van der Waals surface area (Å²) >= 11 is 0. The fourth-order valence-electron chi connectivity index (χ4n) is 9.12. The number of rotatable bonds is 6. The summed E-state index contributed by atoms with van der Waals surface area (Å²) in [7, 11) is 0. The Morgan fingerprint density at radius 1 is 0.431 bits per heavy atom. The Labute approximate surface area is 339 Å². The fraction of sp³-hybridized carbons (Fsp3) is 0.0545. The summed E-state index contributed by atoms with van der Waals surface area (Å²) in [6, 6.07) is 74.3. The molecule has 2 aliphatic rings. The Balaban J connectivity index is 1.04. The van der Waals surface area contributed by atoms with Gasteiger partial charge in [-0.25, -0.2) is 0 Å². The van der Waals surface area contributed by atoms with Crippen LogP contribution in [0.4, 0.5) is 34.1 Å². The molecule has 9 aromatic rings. The van der Waals surface area contributed by atoms with Gasteiger partial charge in [-0.1, -0.05) is 172 Å². The van der Waals surface area contributed by atoms with Crippen molar-refractivity contribution >= 4 is 44.9 Å². The third-order valence-corrected chi connectivity index (χ3v) is 12.0. The molecule has 0 saturated carbocycles. The molecule has 0 spiro atoms. The zero-order valence-corrected chi connectivity index (χ0v) is 32.4. The summed E-state index contributed by atoms with van der Waals surface area (Å²) in [5.74, 6) is 1.76. The van der Waals surface area contributed by atoms with Crippen molar-refractivity contribution in [2.24, 2.45) is 0 Å². The molecule has 9 aromatic carbocycles. The van der Waals surface area contributed by atoms with E-state index in [2.05, 4.69) is 230 Å². The van der Waals surface area contributed by atoms with Crippen molar-refractivity contribution in [3.8, 4) is 44.9 Å². The molecule has 0 aromatic heterocycles. The quantitative estimate of drug-likeness (QED) is 0.169. The predicted molar refractivity (Wildman–Crippen MR) is 242 cm³/mol. The van der Waals surface area contributed by atoms with Gasteiger partial charge in [0.1, 0.15) is 0 Å². The van der Waals surface area contributed by atoms with Gasteiger partial charge in [-0.3, -0.25) is 0 Å². The molecular formula is C55H40N2O. The summed E-state index contributed by atoms with van der Waals surface area (Å²) in [4.78, 5) is 4.84. The van der Waals surface area contributed by atoms with Crippen LogP contribution in [0.25, 0.3) is 44.2 Å². The molecule has 2 heterocycles. The molecule has 58 heavy (non-hydrogen) atoms. The Bertz CT molecular complexity index is 2990.